The summed E-state index contributed by atoms with van der Waals surface area (Å²) in [6.45, 7) is 9.79. The zero-order valence-electron chi connectivity index (χ0n) is 10.3. The topological polar surface area (TPSA) is 44.6 Å². The number of quaternary nitrogens is 1. The molecule has 0 aromatic heterocycles. The third-order valence-corrected chi connectivity index (χ3v) is 2.95. The molecule has 0 aromatic rings. The van der Waals surface area contributed by atoms with Crippen LogP contribution in [0.2, 0.25) is 0 Å². The average Bonchev–Trinajstić information content (AvgIpc) is 2.61. The first-order chi connectivity index (χ1) is 7.10. The predicted molar refractivity (Wildman–Crippen MR) is 59.6 cm³/mol. The molecule has 0 aromatic carbocycles. The first-order valence-corrected chi connectivity index (χ1v) is 6.11. The number of likely N-dealkylation sites (tertiary alicyclic amines) is 1. The second-order valence-corrected chi connectivity index (χ2v) is 4.35. The highest BCUT2D eigenvalue weighted by atomic mass is 16.4. The van der Waals surface area contributed by atoms with Crippen LogP contribution in [-0.2, 0) is 4.79 Å². The molecule has 3 nitrogen and oxygen atoms in total. The van der Waals surface area contributed by atoms with E-state index in [0.717, 1.165) is 12.8 Å². The Hall–Kier alpha value is -0.570. The van der Waals surface area contributed by atoms with Crippen molar-refractivity contribution in [3.8, 4) is 0 Å². The van der Waals surface area contributed by atoms with Gasteiger partial charge in [0.2, 0.25) is 0 Å². The highest BCUT2D eigenvalue weighted by molar-refractivity contribution is 5.60. The molecular weight excluding hydrogens is 190 g/mol. The maximum Gasteiger partial charge on any atom is 0.0801 e. The van der Waals surface area contributed by atoms with E-state index in [4.69, 9.17) is 9.90 Å². The van der Waals surface area contributed by atoms with Crippen molar-refractivity contribution >= 4 is 5.97 Å². The number of aliphatic carboxylic acids is 1. The minimum Gasteiger partial charge on any atom is -0.550 e. The van der Waals surface area contributed by atoms with Gasteiger partial charge in [-0.3, -0.25) is 0 Å². The van der Waals surface area contributed by atoms with Crippen LogP contribution in [0, 0.1) is 5.92 Å². The van der Waals surface area contributed by atoms with E-state index in [-0.39, 0.29) is 0 Å². The highest BCUT2D eigenvalue weighted by Gasteiger charge is 2.23. The summed E-state index contributed by atoms with van der Waals surface area (Å²) in [4.78, 5) is 10.7. The molecule has 0 aliphatic carbocycles. The lowest BCUT2D eigenvalue weighted by molar-refractivity contribution is -0.887. The SMILES string of the molecule is CC(=O)[O-].CCCCC1CC[NH+](CC)C1. The van der Waals surface area contributed by atoms with Crippen LogP contribution in [0.25, 0.3) is 0 Å². The Balaban J connectivity index is 0.000000423. The number of carbonyl (C=O) groups is 1. The Morgan fingerprint density at radius 2 is 2.07 bits per heavy atom. The Bertz CT molecular complexity index is 167. The van der Waals surface area contributed by atoms with Crippen LogP contribution in [0.15, 0.2) is 0 Å². The van der Waals surface area contributed by atoms with Gasteiger partial charge in [0.15, 0.2) is 0 Å². The molecule has 1 aliphatic rings. The monoisotopic (exact) mass is 215 g/mol. The minimum absolute atomic E-state index is 0.972. The fraction of sp³-hybridized carbons (Fsp3) is 0.917. The molecule has 0 spiro atoms. The molecule has 90 valence electrons. The molecule has 1 aliphatic heterocycles. The number of carboxylic acids is 1. The smallest absolute Gasteiger partial charge is 0.0801 e. The third kappa shape index (κ3) is 8.43. The summed E-state index contributed by atoms with van der Waals surface area (Å²) in [6, 6.07) is 0. The molecule has 2 atom stereocenters. The number of unbranched alkanes of at least 4 members (excludes halogenated alkanes) is 1. The number of carboxylic acid groups (broad SMARTS) is 1. The Morgan fingerprint density at radius 1 is 1.47 bits per heavy atom. The van der Waals surface area contributed by atoms with Crippen LogP contribution in [0.4, 0.5) is 0 Å². The van der Waals surface area contributed by atoms with Crippen molar-refractivity contribution in [2.24, 2.45) is 5.92 Å². The maximum atomic E-state index is 8.89. The normalized spacial score (nSPS) is 24.5. The second kappa shape index (κ2) is 8.72. The van der Waals surface area contributed by atoms with E-state index in [0.29, 0.717) is 0 Å². The van der Waals surface area contributed by atoms with E-state index in [1.54, 1.807) is 0 Å². The van der Waals surface area contributed by atoms with Crippen LogP contribution in [0.3, 0.4) is 0 Å². The standard InChI is InChI=1S/C10H21N.C2H4O2/c1-3-5-6-10-7-8-11(4-2)9-10;1-2(3)4/h10H,3-9H2,1-2H3;1H3,(H,3,4). The lowest BCUT2D eigenvalue weighted by Gasteiger charge is -2.09. The molecule has 1 fully saturated rings. The Labute approximate surface area is 93.5 Å². The van der Waals surface area contributed by atoms with E-state index in [2.05, 4.69) is 13.8 Å². The number of rotatable bonds is 4. The van der Waals surface area contributed by atoms with Crippen LogP contribution in [0.5, 0.6) is 0 Å². The molecule has 15 heavy (non-hydrogen) atoms. The Morgan fingerprint density at radius 3 is 2.47 bits per heavy atom. The van der Waals surface area contributed by atoms with Crippen LogP contribution < -0.4 is 10.0 Å². The van der Waals surface area contributed by atoms with E-state index in [1.165, 1.54) is 45.3 Å². The molecule has 2 unspecified atom stereocenters. The molecule has 0 saturated carbocycles. The van der Waals surface area contributed by atoms with Crippen LogP contribution in [0.1, 0.15) is 46.5 Å². The van der Waals surface area contributed by atoms with E-state index in [1.807, 2.05) is 4.90 Å². The molecule has 1 heterocycles. The van der Waals surface area contributed by atoms with Gasteiger partial charge in [-0.05, 0) is 20.3 Å². The summed E-state index contributed by atoms with van der Waals surface area (Å²) >= 11 is 0. The zero-order valence-corrected chi connectivity index (χ0v) is 10.3. The highest BCUT2D eigenvalue weighted by Crippen LogP contribution is 2.12. The number of nitrogens with one attached hydrogen (secondary N) is 1. The van der Waals surface area contributed by atoms with E-state index >= 15 is 0 Å². The lowest BCUT2D eigenvalue weighted by Crippen LogP contribution is -3.09. The second-order valence-electron chi connectivity index (χ2n) is 4.35. The Kier molecular flexibility index (Phi) is 8.38. The third-order valence-electron chi connectivity index (χ3n) is 2.95. The molecular formula is C12H25NO2. The minimum atomic E-state index is -1.08. The first kappa shape index (κ1) is 14.4. The van der Waals surface area contributed by atoms with Crippen molar-refractivity contribution in [2.75, 3.05) is 19.6 Å². The van der Waals surface area contributed by atoms with E-state index < -0.39 is 5.97 Å². The van der Waals surface area contributed by atoms with Gasteiger partial charge in [-0.2, -0.15) is 0 Å². The lowest BCUT2D eigenvalue weighted by atomic mass is 10.0. The van der Waals surface area contributed by atoms with Gasteiger partial charge in [-0.25, -0.2) is 0 Å². The van der Waals surface area contributed by atoms with Crippen LogP contribution >= 0.6 is 0 Å². The molecule has 0 radical (unpaired) electrons. The first-order valence-electron chi connectivity index (χ1n) is 6.11. The summed E-state index contributed by atoms with van der Waals surface area (Å²) < 4.78 is 0. The molecule has 1 N–H and O–H groups in total. The largest absolute Gasteiger partial charge is 0.550 e. The van der Waals surface area contributed by atoms with Gasteiger partial charge in [0.25, 0.3) is 0 Å². The molecule has 0 amide bonds. The van der Waals surface area contributed by atoms with Crippen LogP contribution in [-0.4, -0.2) is 25.6 Å². The summed E-state index contributed by atoms with van der Waals surface area (Å²) in [7, 11) is 0. The van der Waals surface area contributed by atoms with Crippen molar-refractivity contribution < 1.29 is 14.8 Å². The zero-order chi connectivity index (χ0) is 11.7. The fourth-order valence-corrected chi connectivity index (χ4v) is 2.08. The van der Waals surface area contributed by atoms with Gasteiger partial charge in [-0.1, -0.05) is 19.8 Å². The van der Waals surface area contributed by atoms with Crippen molar-refractivity contribution in [2.45, 2.75) is 46.5 Å². The fourth-order valence-electron chi connectivity index (χ4n) is 2.08. The summed E-state index contributed by atoms with van der Waals surface area (Å²) in [5.41, 5.74) is 0. The van der Waals surface area contributed by atoms with Crippen molar-refractivity contribution in [1.29, 1.82) is 0 Å². The predicted octanol–water partition coefficient (Wildman–Crippen LogP) is -0.142. The summed E-state index contributed by atoms with van der Waals surface area (Å²) in [5, 5.41) is 8.89. The van der Waals surface area contributed by atoms with Gasteiger partial charge < -0.3 is 14.8 Å². The van der Waals surface area contributed by atoms with Gasteiger partial charge in [-0.15, -0.1) is 0 Å². The quantitative estimate of drug-likeness (QED) is 0.709. The number of carbonyl (C=O) groups excluding carboxylic acids is 1. The van der Waals surface area contributed by atoms with Crippen molar-refractivity contribution in [3.05, 3.63) is 0 Å². The molecule has 3 heteroatoms. The van der Waals surface area contributed by atoms with Crippen molar-refractivity contribution in [3.63, 3.8) is 0 Å². The number of hydrogen-bond donors (Lipinski definition) is 1. The van der Waals surface area contributed by atoms with Crippen molar-refractivity contribution in [1.82, 2.24) is 0 Å². The molecule has 0 bridgehead atoms. The maximum absolute atomic E-state index is 8.89. The number of hydrogen-bond acceptors (Lipinski definition) is 2. The summed E-state index contributed by atoms with van der Waals surface area (Å²) in [5.74, 6) is -0.0232. The molecule has 1 rings (SSSR count). The van der Waals surface area contributed by atoms with Gasteiger partial charge in [0.1, 0.15) is 0 Å². The van der Waals surface area contributed by atoms with Gasteiger partial charge in [0, 0.05) is 18.3 Å². The molecule has 1 saturated heterocycles. The summed E-state index contributed by atoms with van der Waals surface area (Å²) in [6.07, 6.45) is 5.79. The van der Waals surface area contributed by atoms with E-state index in [9.17, 15) is 0 Å². The van der Waals surface area contributed by atoms with Gasteiger partial charge in [0.05, 0.1) is 19.6 Å². The van der Waals surface area contributed by atoms with Gasteiger partial charge >= 0.3 is 0 Å². The average molecular weight is 215 g/mol.